The predicted molar refractivity (Wildman–Crippen MR) is 283 cm³/mol. The summed E-state index contributed by atoms with van der Waals surface area (Å²) >= 11 is 0. The number of rotatable bonds is 15. The fraction of sp³-hybridized carbons (Fsp3) is 0.845. The average Bonchev–Trinajstić information content (AvgIpc) is 1.78. The lowest BCUT2D eigenvalue weighted by Crippen LogP contribution is -2.72. The van der Waals surface area contributed by atoms with E-state index < -0.39 is 199 Å². The molecule has 27 atom stereocenters. The number of aliphatic hydroxyl groups is 12. The Bertz CT molecular complexity index is 2430. The summed E-state index contributed by atoms with van der Waals surface area (Å²) in [7, 11) is 0. The first kappa shape index (κ1) is 64.9. The molecule has 0 amide bonds. The minimum atomic E-state index is -2.18. The number of aliphatic hydroxyl groups excluding tert-OH is 12. The van der Waals surface area contributed by atoms with E-state index in [-0.39, 0.29) is 24.7 Å². The Kier molecular flexibility index (Phi) is 18.9. The van der Waals surface area contributed by atoms with E-state index in [9.17, 15) is 80.8 Å². The zero-order chi connectivity index (χ0) is 60.7. The van der Waals surface area contributed by atoms with Gasteiger partial charge in [0.15, 0.2) is 31.1 Å². The van der Waals surface area contributed by atoms with E-state index in [1.54, 1.807) is 39.8 Å². The molecule has 82 heavy (non-hydrogen) atoms. The first-order chi connectivity index (χ1) is 38.4. The van der Waals surface area contributed by atoms with Crippen molar-refractivity contribution in [1.82, 2.24) is 0 Å². The monoisotopic (exact) mass is 1170 g/mol. The Balaban J connectivity index is 1.12. The van der Waals surface area contributed by atoms with E-state index in [1.165, 1.54) is 0 Å². The van der Waals surface area contributed by atoms with Crippen molar-refractivity contribution in [3.8, 4) is 0 Å². The van der Waals surface area contributed by atoms with Crippen LogP contribution in [0.15, 0.2) is 34.9 Å². The van der Waals surface area contributed by atoms with Crippen LogP contribution in [-0.4, -0.2) is 227 Å². The number of hydrogen-bond donors (Lipinski definition) is 13. The van der Waals surface area contributed by atoms with Gasteiger partial charge in [0, 0.05) is 22.0 Å². The number of hydrogen-bond acceptors (Lipinski definition) is 23. The summed E-state index contributed by atoms with van der Waals surface area (Å²) in [6, 6.07) is 0. The fourth-order valence-electron chi connectivity index (χ4n) is 16.4. The first-order valence-electron chi connectivity index (χ1n) is 28.8. The molecule has 3 heterocycles. The lowest BCUT2D eigenvalue weighted by atomic mass is 9.33. The van der Waals surface area contributed by atoms with Gasteiger partial charge in [-0.05, 0) is 107 Å². The Labute approximate surface area is 477 Å². The number of carbonyl (C=O) groups excluding carboxylic acids is 2. The first-order valence-corrected chi connectivity index (χ1v) is 28.8. The Morgan fingerprint density at radius 3 is 1.66 bits per heavy atom. The highest BCUT2D eigenvalue weighted by Crippen LogP contribution is 2.76. The molecule has 13 N–H and O–H groups in total. The van der Waals surface area contributed by atoms with Gasteiger partial charge in [0.25, 0.3) is 0 Å². The average molecular weight is 1170 g/mol. The van der Waals surface area contributed by atoms with Crippen molar-refractivity contribution in [2.24, 2.45) is 50.2 Å². The molecule has 0 bridgehead atoms. The molecular weight excluding hydrogens is 1080 g/mol. The van der Waals surface area contributed by atoms with Crippen LogP contribution in [-0.2, 0) is 52.3 Å². The van der Waals surface area contributed by atoms with Crippen LogP contribution in [0.1, 0.15) is 114 Å². The molecule has 3 saturated heterocycles. The molecule has 0 aromatic heterocycles. The summed E-state index contributed by atoms with van der Waals surface area (Å²) in [5, 5.41) is 144. The van der Waals surface area contributed by atoms with Gasteiger partial charge in [-0.2, -0.15) is 0 Å². The van der Waals surface area contributed by atoms with Gasteiger partial charge in [-0.15, -0.1) is 0 Å². The number of aliphatic carboxylic acids is 1. The highest BCUT2D eigenvalue weighted by molar-refractivity contribution is 5.89. The fourth-order valence-corrected chi connectivity index (χ4v) is 16.4. The number of allylic oxidation sites excluding steroid dienone is 4. The minimum Gasteiger partial charge on any atom is -0.479 e. The highest BCUT2D eigenvalue weighted by Gasteiger charge is 2.74. The molecule has 3 unspecified atom stereocenters. The third-order valence-corrected chi connectivity index (χ3v) is 21.7. The molecule has 8 aliphatic rings. The molecule has 3 aliphatic heterocycles. The van der Waals surface area contributed by atoms with Crippen molar-refractivity contribution in [2.75, 3.05) is 26.4 Å². The summed E-state index contributed by atoms with van der Waals surface area (Å²) in [6.07, 6.45) is -25.1. The largest absolute Gasteiger partial charge is 0.479 e. The second-order valence-electron chi connectivity index (χ2n) is 26.3. The van der Waals surface area contributed by atoms with E-state index in [2.05, 4.69) is 26.8 Å². The van der Waals surface area contributed by atoms with Gasteiger partial charge >= 0.3 is 17.9 Å². The van der Waals surface area contributed by atoms with Crippen LogP contribution in [0.2, 0.25) is 0 Å². The maximum absolute atomic E-state index is 13.8. The zero-order valence-corrected chi connectivity index (χ0v) is 48.5. The molecule has 24 heteroatoms. The van der Waals surface area contributed by atoms with E-state index in [1.807, 2.05) is 20.8 Å². The third kappa shape index (κ3) is 10.4. The number of esters is 2. The second-order valence-corrected chi connectivity index (χ2v) is 26.3. The molecule has 7 fully saturated rings. The van der Waals surface area contributed by atoms with Crippen molar-refractivity contribution in [3.05, 3.63) is 34.9 Å². The van der Waals surface area contributed by atoms with Crippen LogP contribution in [0.25, 0.3) is 0 Å². The van der Waals surface area contributed by atoms with Gasteiger partial charge in [0.05, 0.1) is 44.1 Å². The molecular formula is C58H90O24. The molecule has 0 aromatic carbocycles. The van der Waals surface area contributed by atoms with Crippen molar-refractivity contribution in [1.29, 1.82) is 0 Å². The van der Waals surface area contributed by atoms with Gasteiger partial charge in [-0.25, -0.2) is 14.4 Å². The lowest BCUT2D eigenvalue weighted by Gasteiger charge is -2.72. The molecule has 0 radical (unpaired) electrons. The summed E-state index contributed by atoms with van der Waals surface area (Å²) in [5.74, 6) is -3.95. The number of ether oxygens (including phenoxy) is 8. The molecule has 0 spiro atoms. The quantitative estimate of drug-likeness (QED) is 0.0430. The summed E-state index contributed by atoms with van der Waals surface area (Å²) in [5.41, 5.74) is -3.63. The van der Waals surface area contributed by atoms with Crippen LogP contribution >= 0.6 is 0 Å². The number of fused-ring (bicyclic) bond motifs is 7. The maximum Gasteiger partial charge on any atom is 0.335 e. The molecule has 466 valence electrons. The number of carboxylic acids is 1. The van der Waals surface area contributed by atoms with Crippen LogP contribution < -0.4 is 0 Å². The van der Waals surface area contributed by atoms with E-state index in [0.717, 1.165) is 5.57 Å². The van der Waals surface area contributed by atoms with Gasteiger partial charge in [-0.3, -0.25) is 0 Å². The number of carbonyl (C=O) groups is 3. The SMILES string of the molecule is C/C=C(/C)C(=O)O[C@H]1[C@H](OC(=O)/C(C)=C\C)[C@@]2(CO)C(CC1(C)C)C1=CCC3[C@@]4(C)CC[C@H](O[C@@H]5O[C@H](C(=O)O)[C@@H](O[C@@H]6O[C@H](CO)[C@@H](O)[C@H](O)[C@H]6O)[C@H](O)[C@@H]5O[C@@H]5O[C@H](CO)[C@@H](O)[C@H](O)[C@H]5O)[C@](C)(CO)C4CC[C@@]3(C)[C@]1(C)C[C@H]2O. The third-order valence-electron chi connectivity index (χ3n) is 21.7. The maximum atomic E-state index is 13.8. The molecule has 5 aliphatic carbocycles. The lowest BCUT2D eigenvalue weighted by molar-refractivity contribution is -0.392. The molecule has 24 nitrogen and oxygen atoms in total. The molecule has 0 aromatic rings. The molecule has 4 saturated carbocycles. The topological polar surface area (TPSA) is 388 Å². The van der Waals surface area contributed by atoms with Gasteiger partial charge < -0.3 is 104 Å². The van der Waals surface area contributed by atoms with Crippen LogP contribution in [0.3, 0.4) is 0 Å². The van der Waals surface area contributed by atoms with Gasteiger partial charge in [0.2, 0.25) is 0 Å². The Morgan fingerprint density at radius 1 is 0.622 bits per heavy atom. The summed E-state index contributed by atoms with van der Waals surface area (Å²) in [4.78, 5) is 40.6. The number of carboxylic acid groups (broad SMARTS) is 1. The second kappa shape index (κ2) is 23.9. The predicted octanol–water partition coefficient (Wildman–Crippen LogP) is -0.375. The van der Waals surface area contributed by atoms with Gasteiger partial charge in [-0.1, -0.05) is 65.3 Å². The Morgan fingerprint density at radius 2 is 1.16 bits per heavy atom. The van der Waals surface area contributed by atoms with Gasteiger partial charge in [0.1, 0.15) is 73.2 Å². The van der Waals surface area contributed by atoms with Crippen LogP contribution in [0.5, 0.6) is 0 Å². The van der Waals surface area contributed by atoms with Crippen LogP contribution in [0, 0.1) is 50.2 Å². The summed E-state index contributed by atoms with van der Waals surface area (Å²) < 4.78 is 48.6. The normalized spacial score (nSPS) is 49.5. The minimum absolute atomic E-state index is 0.0973. The van der Waals surface area contributed by atoms with E-state index in [4.69, 9.17) is 37.9 Å². The van der Waals surface area contributed by atoms with Crippen molar-refractivity contribution in [2.45, 2.75) is 231 Å². The Hall–Kier alpha value is -3.09. The zero-order valence-electron chi connectivity index (χ0n) is 48.5. The van der Waals surface area contributed by atoms with Crippen molar-refractivity contribution >= 4 is 17.9 Å². The highest BCUT2D eigenvalue weighted by atomic mass is 16.8. The van der Waals surface area contributed by atoms with E-state index in [0.29, 0.717) is 43.3 Å². The van der Waals surface area contributed by atoms with Crippen molar-refractivity contribution < 1.29 is 119 Å². The van der Waals surface area contributed by atoms with Crippen LogP contribution in [0.4, 0.5) is 0 Å². The van der Waals surface area contributed by atoms with E-state index >= 15 is 0 Å². The molecule has 8 rings (SSSR count). The smallest absolute Gasteiger partial charge is 0.335 e. The standard InChI is InChI=1S/C58H90O24/c1-11-25(3)48(73)81-45-46(82-49(74)26(4)12-2)58(24-62)28(19-53(45,5)6)27-13-14-32-54(7)17-16-34(55(8,23-61)31(54)15-18-56(32,9)57(27,10)20-33(58)63)77-52-43(79-51-40(69)38(67)36(65)30(22-60)76-51)41(70)42(44(80-52)47(71)72)78-50-39(68)37(66)35(64)29(21-59)75-50/h11-13,28-46,50-52,59-70H,14-24H2,1-10H3,(H,71,72)/b25-11-,26-12-/t28?,29-,30-,31?,32?,33-,34+,35-,36-,37+,38+,39-,40-,41+,42+,43+,44+,45+,46+,50+,51+,52-,54+,55-,56-,57-,58+/m1/s1. The van der Waals surface area contributed by atoms with Crippen molar-refractivity contribution in [3.63, 3.8) is 0 Å². The summed E-state index contributed by atoms with van der Waals surface area (Å²) in [6.45, 7) is 16.2.